The molecule has 0 unspecified atom stereocenters. The molecule has 1 aromatic rings. The van der Waals surface area contributed by atoms with Crippen LogP contribution in [0.3, 0.4) is 0 Å². The van der Waals surface area contributed by atoms with Crippen molar-refractivity contribution in [3.63, 3.8) is 0 Å². The van der Waals surface area contributed by atoms with E-state index in [1.54, 1.807) is 32.9 Å². The maximum atomic E-state index is 12.3. The molecule has 7 nitrogen and oxygen atoms in total. The number of carbonyl (C=O) groups excluding carboxylic acids is 1. The standard InChI is InChI=1S/C17H27N3O4S/c1-17(2,3)24-16(21)8-9-19-25(22,23)15-6-4-14(5-7-15)20-12-10-18-11-13-20/h4-7,18-19H,8-13H2,1-3H3. The van der Waals surface area contributed by atoms with Crippen LogP contribution in [-0.4, -0.2) is 52.7 Å². The lowest BCUT2D eigenvalue weighted by atomic mass is 10.2. The second kappa shape index (κ2) is 8.16. The molecule has 0 saturated carbocycles. The number of hydrogen-bond acceptors (Lipinski definition) is 6. The van der Waals surface area contributed by atoms with E-state index in [4.69, 9.17) is 4.74 Å². The van der Waals surface area contributed by atoms with Crippen LogP contribution in [0.15, 0.2) is 29.2 Å². The lowest BCUT2D eigenvalue weighted by Gasteiger charge is -2.29. The monoisotopic (exact) mass is 369 g/mol. The second-order valence-corrected chi connectivity index (χ2v) is 8.73. The minimum atomic E-state index is -3.64. The summed E-state index contributed by atoms with van der Waals surface area (Å²) in [5, 5.41) is 3.28. The third-order valence-electron chi connectivity index (χ3n) is 3.67. The Morgan fingerprint density at radius 3 is 2.36 bits per heavy atom. The third-order valence-corrected chi connectivity index (χ3v) is 5.15. The van der Waals surface area contributed by atoms with Gasteiger partial charge in [0.15, 0.2) is 0 Å². The smallest absolute Gasteiger partial charge is 0.307 e. The second-order valence-electron chi connectivity index (χ2n) is 6.97. The normalized spacial score (nSPS) is 15.9. The van der Waals surface area contributed by atoms with Crippen molar-refractivity contribution in [2.75, 3.05) is 37.6 Å². The molecule has 0 aromatic heterocycles. The van der Waals surface area contributed by atoms with Crippen LogP contribution >= 0.6 is 0 Å². The van der Waals surface area contributed by atoms with Crippen LogP contribution in [0.1, 0.15) is 27.2 Å². The first-order valence-electron chi connectivity index (χ1n) is 8.45. The average molecular weight is 369 g/mol. The van der Waals surface area contributed by atoms with E-state index in [1.807, 2.05) is 12.1 Å². The highest BCUT2D eigenvalue weighted by molar-refractivity contribution is 7.89. The fourth-order valence-electron chi connectivity index (χ4n) is 2.52. The molecule has 1 heterocycles. The molecule has 2 N–H and O–H groups in total. The Morgan fingerprint density at radius 2 is 1.80 bits per heavy atom. The number of ether oxygens (including phenoxy) is 1. The Hall–Kier alpha value is -1.64. The Kier molecular flexibility index (Phi) is 6.42. The number of rotatable bonds is 6. The largest absolute Gasteiger partial charge is 0.460 e. The van der Waals surface area contributed by atoms with E-state index in [2.05, 4.69) is 14.9 Å². The molecule has 0 aliphatic carbocycles. The molecule has 0 spiro atoms. The molecule has 0 atom stereocenters. The van der Waals surface area contributed by atoms with Crippen LogP contribution in [0.25, 0.3) is 0 Å². The summed E-state index contributed by atoms with van der Waals surface area (Å²) in [4.78, 5) is 14.0. The SMILES string of the molecule is CC(C)(C)OC(=O)CCNS(=O)(=O)c1ccc(N2CCNCC2)cc1. The molecular weight excluding hydrogens is 342 g/mol. The first-order valence-corrected chi connectivity index (χ1v) is 9.93. The zero-order valence-corrected chi connectivity index (χ0v) is 15.9. The molecular formula is C17H27N3O4S. The van der Waals surface area contributed by atoms with Crippen LogP contribution in [0.5, 0.6) is 0 Å². The van der Waals surface area contributed by atoms with Gasteiger partial charge in [-0.3, -0.25) is 4.79 Å². The van der Waals surface area contributed by atoms with Crippen LogP contribution in [0.2, 0.25) is 0 Å². The van der Waals surface area contributed by atoms with Crippen molar-refractivity contribution < 1.29 is 17.9 Å². The minimum absolute atomic E-state index is 0.00460. The highest BCUT2D eigenvalue weighted by Gasteiger charge is 2.19. The van der Waals surface area contributed by atoms with Crippen molar-refractivity contribution in [2.24, 2.45) is 0 Å². The van der Waals surface area contributed by atoms with Gasteiger partial charge in [0.05, 0.1) is 11.3 Å². The molecule has 1 aromatic carbocycles. The van der Waals surface area contributed by atoms with E-state index in [0.717, 1.165) is 31.9 Å². The Balaban J connectivity index is 1.89. The summed E-state index contributed by atoms with van der Waals surface area (Å²) in [7, 11) is -3.64. The van der Waals surface area contributed by atoms with E-state index in [0.29, 0.717) is 0 Å². The molecule has 1 aliphatic rings. The van der Waals surface area contributed by atoms with E-state index in [1.165, 1.54) is 0 Å². The van der Waals surface area contributed by atoms with Crippen LogP contribution in [0.4, 0.5) is 5.69 Å². The van der Waals surface area contributed by atoms with Gasteiger partial charge in [0.2, 0.25) is 10.0 Å². The third kappa shape index (κ3) is 6.30. The zero-order chi connectivity index (χ0) is 18.5. The summed E-state index contributed by atoms with van der Waals surface area (Å²) in [5.74, 6) is -0.427. The Labute approximate surface area is 149 Å². The van der Waals surface area contributed by atoms with Gasteiger partial charge in [-0.05, 0) is 45.0 Å². The van der Waals surface area contributed by atoms with Crippen LogP contribution in [0, 0.1) is 0 Å². The molecule has 0 amide bonds. The number of nitrogens with zero attached hydrogens (tertiary/aromatic N) is 1. The molecule has 140 valence electrons. The van der Waals surface area contributed by atoms with E-state index >= 15 is 0 Å². The van der Waals surface area contributed by atoms with Crippen molar-refractivity contribution in [3.05, 3.63) is 24.3 Å². The summed E-state index contributed by atoms with van der Waals surface area (Å²) in [6.07, 6.45) is -0.00460. The summed E-state index contributed by atoms with van der Waals surface area (Å²) < 4.78 is 32.2. The van der Waals surface area contributed by atoms with Gasteiger partial charge >= 0.3 is 5.97 Å². The summed E-state index contributed by atoms with van der Waals surface area (Å²) in [6.45, 7) is 8.98. The molecule has 8 heteroatoms. The number of piperazine rings is 1. The highest BCUT2D eigenvalue weighted by atomic mass is 32.2. The number of esters is 1. The fourth-order valence-corrected chi connectivity index (χ4v) is 3.55. The predicted molar refractivity (Wildman–Crippen MR) is 97.2 cm³/mol. The van der Waals surface area contributed by atoms with Gasteiger partial charge < -0.3 is 15.0 Å². The maximum Gasteiger partial charge on any atom is 0.307 e. The van der Waals surface area contributed by atoms with E-state index < -0.39 is 21.6 Å². The van der Waals surface area contributed by atoms with Crippen molar-refractivity contribution in [2.45, 2.75) is 37.7 Å². The molecule has 0 radical (unpaired) electrons. The van der Waals surface area contributed by atoms with Crippen LogP contribution < -0.4 is 14.9 Å². The number of anilines is 1. The number of carbonyl (C=O) groups is 1. The van der Waals surface area contributed by atoms with Gasteiger partial charge in [0.25, 0.3) is 0 Å². The fraction of sp³-hybridized carbons (Fsp3) is 0.588. The number of hydrogen-bond donors (Lipinski definition) is 2. The Morgan fingerprint density at radius 1 is 1.20 bits per heavy atom. The van der Waals surface area contributed by atoms with Crippen LogP contribution in [-0.2, 0) is 19.6 Å². The van der Waals surface area contributed by atoms with Gasteiger partial charge in [0.1, 0.15) is 5.60 Å². The number of sulfonamides is 1. The maximum absolute atomic E-state index is 12.3. The minimum Gasteiger partial charge on any atom is -0.460 e. The predicted octanol–water partition coefficient (Wildman–Crippen LogP) is 1.11. The van der Waals surface area contributed by atoms with Crippen molar-refractivity contribution >= 4 is 21.7 Å². The summed E-state index contributed by atoms with van der Waals surface area (Å²) >= 11 is 0. The molecule has 1 saturated heterocycles. The van der Waals surface area contributed by atoms with Gasteiger partial charge in [-0.25, -0.2) is 13.1 Å². The molecule has 0 bridgehead atoms. The Bertz CT molecular complexity index is 675. The first-order chi connectivity index (χ1) is 11.7. The van der Waals surface area contributed by atoms with Gasteiger partial charge in [-0.15, -0.1) is 0 Å². The molecule has 2 rings (SSSR count). The molecule has 1 fully saturated rings. The lowest BCUT2D eigenvalue weighted by Crippen LogP contribution is -2.43. The van der Waals surface area contributed by atoms with Crippen molar-refractivity contribution in [1.29, 1.82) is 0 Å². The van der Waals surface area contributed by atoms with E-state index in [9.17, 15) is 13.2 Å². The molecule has 1 aliphatic heterocycles. The van der Waals surface area contributed by atoms with Crippen molar-refractivity contribution in [1.82, 2.24) is 10.0 Å². The highest BCUT2D eigenvalue weighted by Crippen LogP contribution is 2.18. The summed E-state index contributed by atoms with van der Waals surface area (Å²) in [5.41, 5.74) is 0.435. The number of benzene rings is 1. The van der Waals surface area contributed by atoms with Gasteiger partial charge in [-0.1, -0.05) is 0 Å². The topological polar surface area (TPSA) is 87.7 Å². The van der Waals surface area contributed by atoms with E-state index in [-0.39, 0.29) is 17.9 Å². The van der Waals surface area contributed by atoms with Gasteiger partial charge in [0, 0.05) is 38.4 Å². The average Bonchev–Trinajstić information content (AvgIpc) is 2.54. The van der Waals surface area contributed by atoms with Crippen molar-refractivity contribution in [3.8, 4) is 0 Å². The van der Waals surface area contributed by atoms with Gasteiger partial charge in [-0.2, -0.15) is 0 Å². The summed E-state index contributed by atoms with van der Waals surface area (Å²) in [6, 6.07) is 6.81. The molecule has 25 heavy (non-hydrogen) atoms. The first kappa shape index (κ1) is 19.7. The lowest BCUT2D eigenvalue weighted by molar-refractivity contribution is -0.154. The zero-order valence-electron chi connectivity index (χ0n) is 15.0. The quantitative estimate of drug-likeness (QED) is 0.731. The number of nitrogens with one attached hydrogen (secondary N) is 2.